The van der Waals surface area contributed by atoms with Gasteiger partial charge in [0.1, 0.15) is 6.54 Å². The number of benzene rings is 2. The van der Waals surface area contributed by atoms with Crippen molar-refractivity contribution in [3.8, 4) is 0 Å². The molecule has 0 aliphatic rings. The molecule has 0 heterocycles. The minimum Gasteiger partial charge on any atom is -0.378 e. The van der Waals surface area contributed by atoms with Crippen molar-refractivity contribution in [2.45, 2.75) is 20.4 Å². The Bertz CT molecular complexity index is 907. The van der Waals surface area contributed by atoms with E-state index < -0.39 is 10.0 Å². The highest BCUT2D eigenvalue weighted by Crippen LogP contribution is 2.23. The molecule has 0 unspecified atom stereocenters. The SMILES string of the molecule is Cc1ccc(C)c(N(CC(=O)NCc2ccc(N(C)C)cc2)S(C)(=O)=O)c1. The Labute approximate surface area is 161 Å². The van der Waals surface area contributed by atoms with Gasteiger partial charge >= 0.3 is 0 Å². The van der Waals surface area contributed by atoms with Gasteiger partial charge in [0.25, 0.3) is 0 Å². The Morgan fingerprint density at radius 2 is 1.67 bits per heavy atom. The van der Waals surface area contributed by atoms with Gasteiger partial charge in [-0.1, -0.05) is 24.3 Å². The average Bonchev–Trinajstić information content (AvgIpc) is 2.59. The number of hydrogen-bond donors (Lipinski definition) is 1. The van der Waals surface area contributed by atoms with Crippen molar-refractivity contribution >= 4 is 27.3 Å². The Morgan fingerprint density at radius 3 is 2.22 bits per heavy atom. The van der Waals surface area contributed by atoms with Crippen LogP contribution in [0.25, 0.3) is 0 Å². The van der Waals surface area contributed by atoms with Gasteiger partial charge in [0, 0.05) is 26.3 Å². The second kappa shape index (κ2) is 8.43. The molecule has 6 nitrogen and oxygen atoms in total. The zero-order valence-corrected chi connectivity index (χ0v) is 17.3. The van der Waals surface area contributed by atoms with Gasteiger partial charge in [0.15, 0.2) is 0 Å². The molecular formula is C20H27N3O3S. The van der Waals surface area contributed by atoms with E-state index in [0.29, 0.717) is 12.2 Å². The average molecular weight is 390 g/mol. The number of carbonyl (C=O) groups is 1. The van der Waals surface area contributed by atoms with Gasteiger partial charge in [-0.05, 0) is 48.7 Å². The second-order valence-corrected chi connectivity index (χ2v) is 8.80. The van der Waals surface area contributed by atoms with Crippen LogP contribution in [0.4, 0.5) is 11.4 Å². The molecule has 146 valence electrons. The molecule has 0 saturated heterocycles. The molecule has 0 radical (unpaired) electrons. The van der Waals surface area contributed by atoms with Crippen molar-refractivity contribution in [2.24, 2.45) is 0 Å². The van der Waals surface area contributed by atoms with E-state index in [1.165, 1.54) is 0 Å². The molecule has 0 fully saturated rings. The van der Waals surface area contributed by atoms with Crippen LogP contribution < -0.4 is 14.5 Å². The van der Waals surface area contributed by atoms with Crippen LogP contribution in [0, 0.1) is 13.8 Å². The molecule has 2 aromatic rings. The topological polar surface area (TPSA) is 69.7 Å². The molecular weight excluding hydrogens is 362 g/mol. The number of nitrogens with one attached hydrogen (secondary N) is 1. The summed E-state index contributed by atoms with van der Waals surface area (Å²) in [5.74, 6) is -0.349. The fourth-order valence-electron chi connectivity index (χ4n) is 2.67. The van der Waals surface area contributed by atoms with Gasteiger partial charge in [-0.2, -0.15) is 0 Å². The molecule has 2 rings (SSSR count). The van der Waals surface area contributed by atoms with E-state index in [1.807, 2.05) is 69.2 Å². The third-order valence-electron chi connectivity index (χ3n) is 4.26. The van der Waals surface area contributed by atoms with Crippen molar-refractivity contribution in [3.05, 3.63) is 59.2 Å². The van der Waals surface area contributed by atoms with Crippen molar-refractivity contribution in [1.82, 2.24) is 5.32 Å². The number of anilines is 2. The lowest BCUT2D eigenvalue weighted by molar-refractivity contribution is -0.119. The Kier molecular flexibility index (Phi) is 6.49. The van der Waals surface area contributed by atoms with Crippen LogP contribution in [-0.4, -0.2) is 41.2 Å². The summed E-state index contributed by atoms with van der Waals surface area (Å²) < 4.78 is 25.6. The Hall–Kier alpha value is -2.54. The first kappa shape index (κ1) is 20.8. The fraction of sp³-hybridized carbons (Fsp3) is 0.350. The van der Waals surface area contributed by atoms with Crippen LogP contribution in [0.15, 0.2) is 42.5 Å². The number of rotatable bonds is 7. The maximum Gasteiger partial charge on any atom is 0.241 e. The number of aryl methyl sites for hydroxylation is 2. The van der Waals surface area contributed by atoms with Crippen LogP contribution in [0.3, 0.4) is 0 Å². The monoisotopic (exact) mass is 389 g/mol. The summed E-state index contributed by atoms with van der Waals surface area (Å²) in [6.07, 6.45) is 1.11. The zero-order chi connectivity index (χ0) is 20.2. The van der Waals surface area contributed by atoms with E-state index in [0.717, 1.165) is 32.9 Å². The predicted octanol–water partition coefficient (Wildman–Crippen LogP) is 2.45. The fourth-order valence-corrected chi connectivity index (χ4v) is 3.57. The van der Waals surface area contributed by atoms with Gasteiger partial charge in [-0.3, -0.25) is 9.10 Å². The van der Waals surface area contributed by atoms with Crippen LogP contribution in [-0.2, 0) is 21.4 Å². The first-order valence-electron chi connectivity index (χ1n) is 8.66. The molecule has 1 N–H and O–H groups in total. The third kappa shape index (κ3) is 5.72. The molecule has 0 aliphatic carbocycles. The lowest BCUT2D eigenvalue weighted by Crippen LogP contribution is -2.40. The van der Waals surface area contributed by atoms with Gasteiger partial charge < -0.3 is 10.2 Å². The van der Waals surface area contributed by atoms with Gasteiger partial charge in [0.05, 0.1) is 11.9 Å². The summed E-state index contributed by atoms with van der Waals surface area (Å²) in [6, 6.07) is 13.4. The van der Waals surface area contributed by atoms with E-state index in [-0.39, 0.29) is 12.5 Å². The number of nitrogens with zero attached hydrogens (tertiary/aromatic N) is 2. The van der Waals surface area contributed by atoms with Crippen LogP contribution in [0.1, 0.15) is 16.7 Å². The van der Waals surface area contributed by atoms with Crippen molar-refractivity contribution in [3.63, 3.8) is 0 Å². The number of hydrogen-bond acceptors (Lipinski definition) is 4. The summed E-state index contributed by atoms with van der Waals surface area (Å²) in [6.45, 7) is 3.81. The molecule has 27 heavy (non-hydrogen) atoms. The molecule has 7 heteroatoms. The molecule has 0 aromatic heterocycles. The van der Waals surface area contributed by atoms with Crippen molar-refractivity contribution in [2.75, 3.05) is 36.1 Å². The smallest absolute Gasteiger partial charge is 0.241 e. The van der Waals surface area contributed by atoms with Crippen LogP contribution >= 0.6 is 0 Å². The highest BCUT2D eigenvalue weighted by atomic mass is 32.2. The highest BCUT2D eigenvalue weighted by Gasteiger charge is 2.22. The lowest BCUT2D eigenvalue weighted by Gasteiger charge is -2.24. The quantitative estimate of drug-likeness (QED) is 0.790. The summed E-state index contributed by atoms with van der Waals surface area (Å²) in [5, 5.41) is 2.80. The first-order valence-corrected chi connectivity index (χ1v) is 10.5. The summed E-state index contributed by atoms with van der Waals surface area (Å²) in [7, 11) is 0.341. The molecule has 0 spiro atoms. The van der Waals surface area contributed by atoms with E-state index in [1.54, 1.807) is 6.07 Å². The molecule has 0 saturated carbocycles. The molecule has 0 aliphatic heterocycles. The molecule has 1 amide bonds. The molecule has 0 atom stereocenters. The van der Waals surface area contributed by atoms with Crippen LogP contribution in [0.2, 0.25) is 0 Å². The number of amides is 1. The standard InChI is InChI=1S/C20H27N3O3S/c1-15-6-7-16(2)19(12-15)23(27(5,25)26)14-20(24)21-13-17-8-10-18(11-9-17)22(3)4/h6-12H,13-14H2,1-5H3,(H,21,24). The third-order valence-corrected chi connectivity index (χ3v) is 5.39. The van der Waals surface area contributed by atoms with Crippen molar-refractivity contribution < 1.29 is 13.2 Å². The molecule has 0 bridgehead atoms. The van der Waals surface area contributed by atoms with Crippen LogP contribution in [0.5, 0.6) is 0 Å². The number of carbonyl (C=O) groups excluding carboxylic acids is 1. The predicted molar refractivity (Wildman–Crippen MR) is 111 cm³/mol. The Balaban J connectivity index is 2.09. The highest BCUT2D eigenvalue weighted by molar-refractivity contribution is 7.92. The van der Waals surface area contributed by atoms with E-state index in [4.69, 9.17) is 0 Å². The summed E-state index contributed by atoms with van der Waals surface area (Å²) in [5.41, 5.74) is 4.29. The lowest BCUT2D eigenvalue weighted by atomic mass is 10.1. The summed E-state index contributed by atoms with van der Waals surface area (Å²) in [4.78, 5) is 14.4. The minimum atomic E-state index is -3.58. The largest absolute Gasteiger partial charge is 0.378 e. The normalized spacial score (nSPS) is 11.1. The Morgan fingerprint density at radius 1 is 1.04 bits per heavy atom. The molecule has 2 aromatic carbocycles. The second-order valence-electron chi connectivity index (χ2n) is 6.90. The summed E-state index contributed by atoms with van der Waals surface area (Å²) >= 11 is 0. The van der Waals surface area contributed by atoms with E-state index in [2.05, 4.69) is 5.32 Å². The maximum absolute atomic E-state index is 12.4. The van der Waals surface area contributed by atoms with E-state index in [9.17, 15) is 13.2 Å². The van der Waals surface area contributed by atoms with Crippen molar-refractivity contribution in [1.29, 1.82) is 0 Å². The maximum atomic E-state index is 12.4. The minimum absolute atomic E-state index is 0.251. The zero-order valence-electron chi connectivity index (χ0n) is 16.5. The van der Waals surface area contributed by atoms with E-state index >= 15 is 0 Å². The first-order chi connectivity index (χ1) is 12.6. The van der Waals surface area contributed by atoms with Gasteiger partial charge in [-0.15, -0.1) is 0 Å². The van der Waals surface area contributed by atoms with Gasteiger partial charge in [0.2, 0.25) is 15.9 Å². The number of sulfonamides is 1. The van der Waals surface area contributed by atoms with Gasteiger partial charge in [-0.25, -0.2) is 8.42 Å².